The van der Waals surface area contributed by atoms with Crippen molar-refractivity contribution in [2.45, 2.75) is 32.7 Å². The first kappa shape index (κ1) is 10.2. The molecule has 0 amide bonds. The van der Waals surface area contributed by atoms with E-state index >= 15 is 0 Å². The van der Waals surface area contributed by atoms with E-state index in [0.29, 0.717) is 5.82 Å². The Bertz CT molecular complexity index is 393. The van der Waals surface area contributed by atoms with Crippen LogP contribution in [0.3, 0.4) is 0 Å². The molecule has 2 rings (SSSR count). The normalized spacial score (nSPS) is 15.7. The second kappa shape index (κ2) is 4.04. The summed E-state index contributed by atoms with van der Waals surface area (Å²) in [6, 6.07) is 0.182. The maximum Gasteiger partial charge on any atom is 0.293 e. The van der Waals surface area contributed by atoms with E-state index in [4.69, 9.17) is 0 Å². The predicted octanol–water partition coefficient (Wildman–Crippen LogP) is 1.65. The summed E-state index contributed by atoms with van der Waals surface area (Å²) in [4.78, 5) is 16.0. The van der Waals surface area contributed by atoms with Crippen LogP contribution in [0.15, 0.2) is 17.2 Å². The van der Waals surface area contributed by atoms with Crippen molar-refractivity contribution in [1.82, 2.24) is 9.55 Å². The molecule has 1 aromatic rings. The number of hydrogen-bond acceptors (Lipinski definition) is 3. The van der Waals surface area contributed by atoms with Gasteiger partial charge in [0.25, 0.3) is 5.56 Å². The molecule has 1 fully saturated rings. The lowest BCUT2D eigenvalue weighted by atomic mass is 10.4. The van der Waals surface area contributed by atoms with Gasteiger partial charge in [0.15, 0.2) is 5.82 Å². The molecule has 1 heterocycles. The number of hydrogen-bond donors (Lipinski definition) is 1. The summed E-state index contributed by atoms with van der Waals surface area (Å²) >= 11 is 0. The molecule has 0 unspecified atom stereocenters. The average Bonchev–Trinajstić information content (AvgIpc) is 2.99. The maximum absolute atomic E-state index is 11.9. The van der Waals surface area contributed by atoms with Gasteiger partial charge in [0, 0.05) is 25.0 Å². The van der Waals surface area contributed by atoms with Crippen molar-refractivity contribution in [3.63, 3.8) is 0 Å². The first-order valence-electron chi connectivity index (χ1n) is 5.49. The summed E-state index contributed by atoms with van der Waals surface area (Å²) in [5, 5.41) is 3.13. The van der Waals surface area contributed by atoms with Crippen LogP contribution in [0, 0.1) is 5.92 Å². The fourth-order valence-electron chi connectivity index (χ4n) is 1.52. The molecule has 0 aliphatic heterocycles. The van der Waals surface area contributed by atoms with E-state index in [0.717, 1.165) is 12.5 Å². The van der Waals surface area contributed by atoms with Crippen molar-refractivity contribution < 1.29 is 0 Å². The molecule has 4 heteroatoms. The highest BCUT2D eigenvalue weighted by molar-refractivity contribution is 5.31. The third-order valence-corrected chi connectivity index (χ3v) is 2.68. The molecule has 4 nitrogen and oxygen atoms in total. The molecule has 0 bridgehead atoms. The van der Waals surface area contributed by atoms with Gasteiger partial charge in [-0.3, -0.25) is 4.79 Å². The molecule has 1 N–H and O–H groups in total. The first-order valence-corrected chi connectivity index (χ1v) is 5.49. The second-order valence-electron chi connectivity index (χ2n) is 4.41. The molecular weight excluding hydrogens is 190 g/mol. The van der Waals surface area contributed by atoms with Gasteiger partial charge in [-0.05, 0) is 32.6 Å². The Morgan fingerprint density at radius 3 is 2.93 bits per heavy atom. The van der Waals surface area contributed by atoms with E-state index in [9.17, 15) is 4.79 Å². The number of nitrogens with one attached hydrogen (secondary N) is 1. The Hall–Kier alpha value is -1.32. The fraction of sp³-hybridized carbons (Fsp3) is 0.636. The molecule has 0 radical (unpaired) electrons. The highest BCUT2D eigenvalue weighted by Crippen LogP contribution is 2.28. The van der Waals surface area contributed by atoms with Crippen molar-refractivity contribution >= 4 is 5.82 Å². The van der Waals surface area contributed by atoms with Gasteiger partial charge in [-0.2, -0.15) is 0 Å². The Morgan fingerprint density at radius 1 is 1.60 bits per heavy atom. The van der Waals surface area contributed by atoms with E-state index in [2.05, 4.69) is 10.3 Å². The van der Waals surface area contributed by atoms with Crippen LogP contribution in [0.4, 0.5) is 5.82 Å². The van der Waals surface area contributed by atoms with Crippen LogP contribution < -0.4 is 10.9 Å². The SMILES string of the molecule is CC(C)n1ccnc(NCC2CC2)c1=O. The van der Waals surface area contributed by atoms with E-state index < -0.39 is 0 Å². The molecular formula is C11H17N3O. The van der Waals surface area contributed by atoms with E-state index in [-0.39, 0.29) is 11.6 Å². The lowest BCUT2D eigenvalue weighted by Gasteiger charge is -2.11. The van der Waals surface area contributed by atoms with Crippen molar-refractivity contribution in [1.29, 1.82) is 0 Å². The second-order valence-corrected chi connectivity index (χ2v) is 4.41. The van der Waals surface area contributed by atoms with Crippen LogP contribution in [0.1, 0.15) is 32.7 Å². The van der Waals surface area contributed by atoms with Crippen molar-refractivity contribution in [3.8, 4) is 0 Å². The Kier molecular flexibility index (Phi) is 2.75. The largest absolute Gasteiger partial charge is 0.365 e. The minimum absolute atomic E-state index is 0.0202. The van der Waals surface area contributed by atoms with Gasteiger partial charge in [-0.1, -0.05) is 0 Å². The summed E-state index contributed by atoms with van der Waals surface area (Å²) in [6.45, 7) is 4.86. The van der Waals surface area contributed by atoms with E-state index in [1.54, 1.807) is 17.0 Å². The number of aromatic nitrogens is 2. The van der Waals surface area contributed by atoms with Crippen LogP contribution in [0.2, 0.25) is 0 Å². The minimum Gasteiger partial charge on any atom is -0.365 e. The van der Waals surface area contributed by atoms with Crippen molar-refractivity contribution in [2.24, 2.45) is 5.92 Å². The van der Waals surface area contributed by atoms with Gasteiger partial charge in [0.2, 0.25) is 0 Å². The predicted molar refractivity (Wildman–Crippen MR) is 60.1 cm³/mol. The number of rotatable bonds is 4. The Morgan fingerprint density at radius 2 is 2.33 bits per heavy atom. The monoisotopic (exact) mass is 207 g/mol. The van der Waals surface area contributed by atoms with E-state index in [1.165, 1.54) is 12.8 Å². The van der Waals surface area contributed by atoms with Gasteiger partial charge in [0.1, 0.15) is 0 Å². The van der Waals surface area contributed by atoms with Crippen LogP contribution >= 0.6 is 0 Å². The third-order valence-electron chi connectivity index (χ3n) is 2.68. The summed E-state index contributed by atoms with van der Waals surface area (Å²) in [6.07, 6.45) is 5.96. The van der Waals surface area contributed by atoms with E-state index in [1.807, 2.05) is 13.8 Å². The Balaban J connectivity index is 2.15. The van der Waals surface area contributed by atoms with Gasteiger partial charge < -0.3 is 9.88 Å². The number of anilines is 1. The third kappa shape index (κ3) is 2.37. The molecule has 0 spiro atoms. The zero-order chi connectivity index (χ0) is 10.8. The summed E-state index contributed by atoms with van der Waals surface area (Å²) in [7, 11) is 0. The quantitative estimate of drug-likeness (QED) is 0.816. The summed E-state index contributed by atoms with van der Waals surface area (Å²) in [5.74, 6) is 1.23. The lowest BCUT2D eigenvalue weighted by molar-refractivity contribution is 0.575. The van der Waals surface area contributed by atoms with Gasteiger partial charge in [0.05, 0.1) is 0 Å². The molecule has 0 saturated heterocycles. The molecule has 1 aromatic heterocycles. The van der Waals surface area contributed by atoms with Gasteiger partial charge >= 0.3 is 0 Å². The molecule has 1 saturated carbocycles. The van der Waals surface area contributed by atoms with Crippen molar-refractivity contribution in [2.75, 3.05) is 11.9 Å². The van der Waals surface area contributed by atoms with Gasteiger partial charge in [-0.15, -0.1) is 0 Å². The zero-order valence-electron chi connectivity index (χ0n) is 9.23. The molecule has 15 heavy (non-hydrogen) atoms. The average molecular weight is 207 g/mol. The smallest absolute Gasteiger partial charge is 0.293 e. The summed E-state index contributed by atoms with van der Waals surface area (Å²) < 4.78 is 1.70. The minimum atomic E-state index is -0.0202. The van der Waals surface area contributed by atoms with Crippen LogP contribution in [-0.4, -0.2) is 16.1 Å². The Labute approximate surface area is 89.3 Å². The number of nitrogens with zero attached hydrogens (tertiary/aromatic N) is 2. The molecule has 82 valence electrons. The molecule has 1 aliphatic rings. The van der Waals surface area contributed by atoms with Crippen LogP contribution in [0.25, 0.3) is 0 Å². The first-order chi connectivity index (χ1) is 7.18. The fourth-order valence-corrected chi connectivity index (χ4v) is 1.52. The highest BCUT2D eigenvalue weighted by atomic mass is 16.1. The molecule has 0 atom stereocenters. The topological polar surface area (TPSA) is 46.9 Å². The molecule has 1 aliphatic carbocycles. The van der Waals surface area contributed by atoms with Gasteiger partial charge in [-0.25, -0.2) is 4.98 Å². The zero-order valence-corrected chi connectivity index (χ0v) is 9.23. The highest BCUT2D eigenvalue weighted by Gasteiger charge is 2.21. The maximum atomic E-state index is 11.9. The van der Waals surface area contributed by atoms with Crippen LogP contribution in [0.5, 0.6) is 0 Å². The van der Waals surface area contributed by atoms with Crippen LogP contribution in [-0.2, 0) is 0 Å². The lowest BCUT2D eigenvalue weighted by Crippen LogP contribution is -2.26. The standard InChI is InChI=1S/C11H17N3O/c1-8(2)14-6-5-12-10(11(14)15)13-7-9-3-4-9/h5-6,8-9H,3-4,7H2,1-2H3,(H,12,13). The summed E-state index contributed by atoms with van der Waals surface area (Å²) in [5.41, 5.74) is -0.0202. The molecule has 0 aromatic carbocycles. The van der Waals surface area contributed by atoms with Crippen molar-refractivity contribution in [3.05, 3.63) is 22.7 Å².